The van der Waals surface area contributed by atoms with E-state index in [1.165, 1.54) is 5.56 Å². The molecule has 2 aliphatic heterocycles. The Hall–Kier alpha value is -1.10. The maximum absolute atomic E-state index is 12.6. The van der Waals surface area contributed by atoms with E-state index in [1.807, 2.05) is 18.2 Å². The Morgan fingerprint density at radius 1 is 1.21 bits per heavy atom. The van der Waals surface area contributed by atoms with Crippen LogP contribution < -0.4 is 5.32 Å². The van der Waals surface area contributed by atoms with Gasteiger partial charge in [-0.05, 0) is 44.7 Å². The molecule has 0 aromatic heterocycles. The van der Waals surface area contributed by atoms with Crippen LogP contribution in [-0.2, 0) is 16.1 Å². The summed E-state index contributed by atoms with van der Waals surface area (Å²) < 4.78 is 6.01. The van der Waals surface area contributed by atoms with Gasteiger partial charge in [-0.2, -0.15) is 0 Å². The van der Waals surface area contributed by atoms with Crippen molar-refractivity contribution in [2.24, 2.45) is 5.92 Å². The number of hydrogen-bond acceptors (Lipinski definition) is 3. The van der Waals surface area contributed by atoms with Crippen LogP contribution in [0, 0.1) is 5.92 Å². The molecule has 0 aliphatic carbocycles. The topological polar surface area (TPSA) is 41.6 Å². The molecule has 2 aliphatic rings. The fourth-order valence-electron chi connectivity index (χ4n) is 3.65. The van der Waals surface area contributed by atoms with Crippen LogP contribution in [0.3, 0.4) is 0 Å². The number of nitrogens with zero attached hydrogens (tertiary/aromatic N) is 1. The molecule has 4 nitrogen and oxygen atoms in total. The number of amides is 1. The average molecular weight is 353 g/mol. The van der Waals surface area contributed by atoms with Crippen molar-refractivity contribution < 1.29 is 9.53 Å². The molecule has 24 heavy (non-hydrogen) atoms. The molecule has 0 radical (unpaired) electrons. The minimum atomic E-state index is 0. The fraction of sp³-hybridized carbons (Fsp3) is 0.632. The number of hydrogen-bond donors (Lipinski definition) is 1. The summed E-state index contributed by atoms with van der Waals surface area (Å²) in [5.74, 6) is 0.577. The molecule has 1 aromatic rings. The third kappa shape index (κ3) is 5.20. The highest BCUT2D eigenvalue weighted by molar-refractivity contribution is 5.85. The van der Waals surface area contributed by atoms with E-state index in [-0.39, 0.29) is 24.4 Å². The molecule has 1 amide bonds. The van der Waals surface area contributed by atoms with Crippen molar-refractivity contribution in [3.8, 4) is 0 Å². The van der Waals surface area contributed by atoms with E-state index >= 15 is 0 Å². The van der Waals surface area contributed by atoms with Gasteiger partial charge in [0.15, 0.2) is 0 Å². The highest BCUT2D eigenvalue weighted by Gasteiger charge is 2.31. The first-order chi connectivity index (χ1) is 11.2. The lowest BCUT2D eigenvalue weighted by molar-refractivity contribution is -0.139. The lowest BCUT2D eigenvalue weighted by Crippen LogP contribution is -2.47. The molecule has 1 N–H and O–H groups in total. The van der Waals surface area contributed by atoms with Gasteiger partial charge in [0.25, 0.3) is 0 Å². The second-order valence-electron chi connectivity index (χ2n) is 6.90. The fourth-order valence-corrected chi connectivity index (χ4v) is 3.65. The maximum atomic E-state index is 12.6. The Morgan fingerprint density at radius 3 is 2.58 bits per heavy atom. The van der Waals surface area contributed by atoms with Crippen molar-refractivity contribution in [2.75, 3.05) is 19.6 Å². The molecule has 0 spiro atoms. The summed E-state index contributed by atoms with van der Waals surface area (Å²) in [6, 6.07) is 10.8. The third-order valence-corrected chi connectivity index (χ3v) is 5.06. The van der Waals surface area contributed by atoms with Crippen LogP contribution in [0.2, 0.25) is 0 Å². The monoisotopic (exact) mass is 352 g/mol. The summed E-state index contributed by atoms with van der Waals surface area (Å²) >= 11 is 0. The van der Waals surface area contributed by atoms with Crippen molar-refractivity contribution in [3.05, 3.63) is 35.9 Å². The minimum absolute atomic E-state index is 0. The van der Waals surface area contributed by atoms with E-state index in [2.05, 4.69) is 29.3 Å². The lowest BCUT2D eigenvalue weighted by Gasteiger charge is -2.36. The maximum Gasteiger partial charge on any atom is 0.225 e. The predicted molar refractivity (Wildman–Crippen MR) is 98.3 cm³/mol. The molecule has 1 aromatic carbocycles. The van der Waals surface area contributed by atoms with Crippen molar-refractivity contribution >= 4 is 18.3 Å². The third-order valence-electron chi connectivity index (χ3n) is 5.06. The van der Waals surface area contributed by atoms with Crippen LogP contribution in [0.15, 0.2) is 30.3 Å². The Balaban J connectivity index is 0.00000208. The molecule has 2 atom stereocenters. The van der Waals surface area contributed by atoms with E-state index in [4.69, 9.17) is 4.74 Å². The largest absolute Gasteiger partial charge is 0.373 e. The van der Waals surface area contributed by atoms with Crippen LogP contribution in [0.4, 0.5) is 0 Å². The number of carbonyl (C=O) groups is 1. The number of nitrogens with one attached hydrogen (secondary N) is 1. The number of halogens is 1. The van der Waals surface area contributed by atoms with Crippen LogP contribution >= 0.6 is 12.4 Å². The van der Waals surface area contributed by atoms with Crippen LogP contribution in [-0.4, -0.2) is 42.6 Å². The van der Waals surface area contributed by atoms with Gasteiger partial charge in [-0.1, -0.05) is 30.3 Å². The number of ether oxygens (including phenoxy) is 1. The van der Waals surface area contributed by atoms with E-state index in [0.29, 0.717) is 18.6 Å². The highest BCUT2D eigenvalue weighted by atomic mass is 35.5. The number of piperidine rings is 2. The standard InChI is InChI=1S/C19H28N2O2.ClH/c1-15-13-17(7-10-20-15)19(22)21-11-8-18(9-12-21)23-14-16-5-3-2-4-6-16;/h2-6,15,17-18,20H,7-14H2,1H3;1H/t15-,17-;/m0./s1. The van der Waals surface area contributed by atoms with E-state index in [9.17, 15) is 4.79 Å². The van der Waals surface area contributed by atoms with Gasteiger partial charge < -0.3 is 15.0 Å². The molecular weight excluding hydrogens is 324 g/mol. The van der Waals surface area contributed by atoms with Gasteiger partial charge in [0, 0.05) is 25.0 Å². The van der Waals surface area contributed by atoms with Crippen molar-refractivity contribution in [1.29, 1.82) is 0 Å². The normalized spacial score (nSPS) is 25.1. The quantitative estimate of drug-likeness (QED) is 0.905. The Bertz CT molecular complexity index is 503. The molecule has 2 heterocycles. The first-order valence-electron chi connectivity index (χ1n) is 8.90. The Labute approximate surface area is 151 Å². The molecule has 0 unspecified atom stereocenters. The minimum Gasteiger partial charge on any atom is -0.373 e. The van der Waals surface area contributed by atoms with Gasteiger partial charge in [0.2, 0.25) is 5.91 Å². The van der Waals surface area contributed by atoms with Crippen molar-refractivity contribution in [2.45, 2.75) is 51.4 Å². The summed E-state index contributed by atoms with van der Waals surface area (Å²) in [5, 5.41) is 3.42. The molecule has 134 valence electrons. The number of carbonyl (C=O) groups excluding carboxylic acids is 1. The summed E-state index contributed by atoms with van der Waals surface area (Å²) in [6.45, 7) is 5.50. The van der Waals surface area contributed by atoms with E-state index in [0.717, 1.165) is 45.3 Å². The summed E-state index contributed by atoms with van der Waals surface area (Å²) in [5.41, 5.74) is 1.22. The van der Waals surface area contributed by atoms with Crippen molar-refractivity contribution in [3.63, 3.8) is 0 Å². The lowest BCUT2D eigenvalue weighted by atomic mass is 9.91. The second-order valence-corrected chi connectivity index (χ2v) is 6.90. The summed E-state index contributed by atoms with van der Waals surface area (Å²) in [4.78, 5) is 14.7. The zero-order chi connectivity index (χ0) is 16.1. The molecule has 3 rings (SSSR count). The van der Waals surface area contributed by atoms with Gasteiger partial charge in [-0.3, -0.25) is 4.79 Å². The van der Waals surface area contributed by atoms with Crippen LogP contribution in [0.25, 0.3) is 0 Å². The van der Waals surface area contributed by atoms with E-state index in [1.54, 1.807) is 0 Å². The van der Waals surface area contributed by atoms with Gasteiger partial charge in [-0.15, -0.1) is 12.4 Å². The molecule has 2 fully saturated rings. The summed E-state index contributed by atoms with van der Waals surface area (Å²) in [7, 11) is 0. The zero-order valence-electron chi connectivity index (χ0n) is 14.4. The second kappa shape index (κ2) is 9.40. The molecule has 2 saturated heterocycles. The first-order valence-corrected chi connectivity index (χ1v) is 8.90. The van der Waals surface area contributed by atoms with Gasteiger partial charge in [0.05, 0.1) is 12.7 Å². The summed E-state index contributed by atoms with van der Waals surface area (Å²) in [6.07, 6.45) is 4.15. The number of rotatable bonds is 4. The average Bonchev–Trinajstić information content (AvgIpc) is 2.61. The number of benzene rings is 1. The molecule has 0 saturated carbocycles. The Morgan fingerprint density at radius 2 is 1.92 bits per heavy atom. The first kappa shape index (κ1) is 19.2. The van der Waals surface area contributed by atoms with Crippen molar-refractivity contribution in [1.82, 2.24) is 10.2 Å². The SMILES string of the molecule is C[C@H]1C[C@@H](C(=O)N2CCC(OCc3ccccc3)CC2)CCN1.Cl. The van der Waals surface area contributed by atoms with E-state index < -0.39 is 0 Å². The highest BCUT2D eigenvalue weighted by Crippen LogP contribution is 2.22. The smallest absolute Gasteiger partial charge is 0.225 e. The van der Waals surface area contributed by atoms with Crippen LogP contribution in [0.5, 0.6) is 0 Å². The Kier molecular flexibility index (Phi) is 7.53. The van der Waals surface area contributed by atoms with Crippen LogP contribution in [0.1, 0.15) is 38.2 Å². The van der Waals surface area contributed by atoms with Gasteiger partial charge in [0.1, 0.15) is 0 Å². The van der Waals surface area contributed by atoms with Gasteiger partial charge in [-0.25, -0.2) is 0 Å². The zero-order valence-corrected chi connectivity index (χ0v) is 15.3. The number of likely N-dealkylation sites (tertiary alicyclic amines) is 1. The van der Waals surface area contributed by atoms with Gasteiger partial charge >= 0.3 is 0 Å². The molecule has 0 bridgehead atoms. The molecule has 5 heteroatoms. The predicted octanol–water partition coefficient (Wildman–Crippen LogP) is 3.00. The molecular formula is C19H29ClN2O2.